The summed E-state index contributed by atoms with van der Waals surface area (Å²) in [6.45, 7) is 7.53. The number of hydrogen-bond acceptors (Lipinski definition) is 4. The van der Waals surface area contributed by atoms with E-state index in [1.54, 1.807) is 13.8 Å². The molecule has 14 heavy (non-hydrogen) atoms. The largest absolute Gasteiger partial charge is 0.388 e. The number of aliphatic hydroxyl groups is 2. The molecule has 1 aliphatic rings. The third-order valence-corrected chi connectivity index (χ3v) is 2.34. The van der Waals surface area contributed by atoms with Crippen LogP contribution in [-0.2, 0) is 9.47 Å². The lowest BCUT2D eigenvalue weighted by atomic mass is 9.96. The maximum Gasteiger partial charge on any atom is 0.114 e. The first kappa shape index (κ1) is 13.8. The molecule has 4 atom stereocenters. The first-order chi connectivity index (χ1) is 6.57. The van der Waals surface area contributed by atoms with Gasteiger partial charge in [-0.3, -0.25) is 0 Å². The molecule has 1 rings (SSSR count). The van der Waals surface area contributed by atoms with Gasteiger partial charge < -0.3 is 19.7 Å². The summed E-state index contributed by atoms with van der Waals surface area (Å²) in [4.78, 5) is 0. The van der Waals surface area contributed by atoms with E-state index in [9.17, 15) is 10.2 Å². The summed E-state index contributed by atoms with van der Waals surface area (Å²) in [5, 5.41) is 19.0. The van der Waals surface area contributed by atoms with Crippen molar-refractivity contribution in [2.24, 2.45) is 0 Å². The summed E-state index contributed by atoms with van der Waals surface area (Å²) in [6, 6.07) is 0. The van der Waals surface area contributed by atoms with Crippen LogP contribution in [0.3, 0.4) is 0 Å². The van der Waals surface area contributed by atoms with Crippen LogP contribution < -0.4 is 0 Å². The Balaban J connectivity index is 0.000000791. The molecule has 0 aromatic heterocycles. The molecule has 0 aromatic rings. The first-order valence-electron chi connectivity index (χ1n) is 5.12. The average Bonchev–Trinajstić information content (AvgIpc) is 2.19. The summed E-state index contributed by atoms with van der Waals surface area (Å²) in [7, 11) is 1.47. The molecular formula is C10H22O4. The molecule has 1 fully saturated rings. The van der Waals surface area contributed by atoms with Gasteiger partial charge in [0.2, 0.25) is 0 Å². The zero-order chi connectivity index (χ0) is 11.3. The van der Waals surface area contributed by atoms with Crippen molar-refractivity contribution < 1.29 is 19.7 Å². The lowest BCUT2D eigenvalue weighted by molar-refractivity contribution is -0.219. The van der Waals surface area contributed by atoms with Gasteiger partial charge in [-0.15, -0.1) is 0 Å². The smallest absolute Gasteiger partial charge is 0.114 e. The van der Waals surface area contributed by atoms with Crippen LogP contribution in [0.2, 0.25) is 0 Å². The summed E-state index contributed by atoms with van der Waals surface area (Å²) >= 11 is 0. The molecule has 1 aliphatic heterocycles. The zero-order valence-electron chi connectivity index (χ0n) is 9.60. The van der Waals surface area contributed by atoms with Crippen molar-refractivity contribution in [3.63, 3.8) is 0 Å². The van der Waals surface area contributed by atoms with Crippen LogP contribution in [0.15, 0.2) is 0 Å². The minimum absolute atomic E-state index is 0.284. The van der Waals surface area contributed by atoms with Crippen LogP contribution in [0.1, 0.15) is 27.7 Å². The molecule has 0 radical (unpaired) electrons. The minimum Gasteiger partial charge on any atom is -0.388 e. The standard InChI is InChI=1S/C8H16O4.C2H6/c1-4-6(9)8(11-3)7(10)5(2)12-4;1-2/h4-10H,1-3H3;1-2H3/t4-,5-,6-,7-;/m0./s1. The van der Waals surface area contributed by atoms with Gasteiger partial charge in [-0.25, -0.2) is 0 Å². The van der Waals surface area contributed by atoms with Crippen LogP contribution in [0.25, 0.3) is 0 Å². The summed E-state index contributed by atoms with van der Waals surface area (Å²) in [5.74, 6) is 0. The predicted molar refractivity (Wildman–Crippen MR) is 54.2 cm³/mol. The minimum atomic E-state index is -0.749. The van der Waals surface area contributed by atoms with Gasteiger partial charge in [0.05, 0.1) is 12.2 Å². The normalized spacial score (nSPS) is 42.6. The van der Waals surface area contributed by atoms with Crippen molar-refractivity contribution in [2.75, 3.05) is 7.11 Å². The third kappa shape index (κ3) is 2.92. The topological polar surface area (TPSA) is 58.9 Å². The molecule has 4 heteroatoms. The fourth-order valence-electron chi connectivity index (χ4n) is 1.51. The molecule has 0 aliphatic carbocycles. The van der Waals surface area contributed by atoms with Gasteiger partial charge in [0, 0.05) is 7.11 Å². The molecule has 2 N–H and O–H groups in total. The number of rotatable bonds is 1. The fraction of sp³-hybridized carbons (Fsp3) is 1.00. The molecule has 0 amide bonds. The highest BCUT2D eigenvalue weighted by Crippen LogP contribution is 2.22. The molecule has 86 valence electrons. The van der Waals surface area contributed by atoms with E-state index in [1.165, 1.54) is 7.11 Å². The van der Waals surface area contributed by atoms with E-state index >= 15 is 0 Å². The number of hydrogen-bond donors (Lipinski definition) is 2. The Hall–Kier alpha value is -0.160. The van der Waals surface area contributed by atoms with Crippen molar-refractivity contribution in [3.8, 4) is 0 Å². The monoisotopic (exact) mass is 206 g/mol. The Morgan fingerprint density at radius 1 is 1.00 bits per heavy atom. The maximum atomic E-state index is 9.52. The molecule has 1 saturated heterocycles. The van der Waals surface area contributed by atoms with Gasteiger partial charge in [0.25, 0.3) is 0 Å². The Labute approximate surface area is 85.8 Å². The summed E-state index contributed by atoms with van der Waals surface area (Å²) < 4.78 is 10.2. The van der Waals surface area contributed by atoms with Gasteiger partial charge in [-0.1, -0.05) is 13.8 Å². The van der Waals surface area contributed by atoms with Crippen molar-refractivity contribution in [2.45, 2.75) is 58.2 Å². The Morgan fingerprint density at radius 3 is 1.64 bits per heavy atom. The molecule has 4 nitrogen and oxygen atoms in total. The maximum absolute atomic E-state index is 9.52. The van der Waals surface area contributed by atoms with E-state index in [4.69, 9.17) is 9.47 Å². The van der Waals surface area contributed by atoms with Crippen molar-refractivity contribution in [1.82, 2.24) is 0 Å². The lowest BCUT2D eigenvalue weighted by Crippen LogP contribution is -2.56. The van der Waals surface area contributed by atoms with Crippen LogP contribution in [0.5, 0.6) is 0 Å². The van der Waals surface area contributed by atoms with Gasteiger partial charge in [0.15, 0.2) is 0 Å². The van der Waals surface area contributed by atoms with Crippen LogP contribution >= 0.6 is 0 Å². The van der Waals surface area contributed by atoms with E-state index in [1.807, 2.05) is 13.8 Å². The van der Waals surface area contributed by atoms with Crippen LogP contribution in [0.4, 0.5) is 0 Å². The quantitative estimate of drug-likeness (QED) is 0.658. The van der Waals surface area contributed by atoms with Crippen LogP contribution in [-0.4, -0.2) is 47.8 Å². The van der Waals surface area contributed by atoms with Crippen molar-refractivity contribution in [1.29, 1.82) is 0 Å². The highest BCUT2D eigenvalue weighted by atomic mass is 16.6. The summed E-state index contributed by atoms with van der Waals surface area (Å²) in [6.07, 6.45) is -2.60. The number of ether oxygens (including phenoxy) is 2. The SMILES string of the molecule is CC.COC1[C@@H](O)[C@H](C)O[C@@H](C)[C@@H]1O. The number of aliphatic hydroxyl groups excluding tert-OH is 2. The second-order valence-electron chi connectivity index (χ2n) is 3.23. The Bertz CT molecular complexity index is 137. The second-order valence-corrected chi connectivity index (χ2v) is 3.23. The Morgan fingerprint density at radius 2 is 1.36 bits per heavy atom. The summed E-state index contributed by atoms with van der Waals surface area (Å²) in [5.41, 5.74) is 0. The van der Waals surface area contributed by atoms with Gasteiger partial charge in [-0.2, -0.15) is 0 Å². The molecule has 0 bridgehead atoms. The Kier molecular flexibility index (Phi) is 6.27. The van der Waals surface area contributed by atoms with Crippen molar-refractivity contribution in [3.05, 3.63) is 0 Å². The molecule has 1 heterocycles. The fourth-order valence-corrected chi connectivity index (χ4v) is 1.51. The van der Waals surface area contributed by atoms with E-state index < -0.39 is 18.3 Å². The van der Waals surface area contributed by atoms with Crippen molar-refractivity contribution >= 4 is 0 Å². The lowest BCUT2D eigenvalue weighted by Gasteiger charge is -2.39. The highest BCUT2D eigenvalue weighted by molar-refractivity contribution is 4.89. The van der Waals surface area contributed by atoms with E-state index in [0.717, 1.165) is 0 Å². The van der Waals surface area contributed by atoms with Gasteiger partial charge in [-0.05, 0) is 13.8 Å². The van der Waals surface area contributed by atoms with E-state index in [0.29, 0.717) is 0 Å². The molecule has 0 unspecified atom stereocenters. The molecule has 0 saturated carbocycles. The first-order valence-corrected chi connectivity index (χ1v) is 5.12. The van der Waals surface area contributed by atoms with E-state index in [2.05, 4.69) is 0 Å². The number of methoxy groups -OCH3 is 1. The second kappa shape index (κ2) is 6.35. The zero-order valence-corrected chi connectivity index (χ0v) is 9.60. The molecule has 0 spiro atoms. The van der Waals surface area contributed by atoms with Gasteiger partial charge >= 0.3 is 0 Å². The molecule has 0 aromatic carbocycles. The van der Waals surface area contributed by atoms with E-state index in [-0.39, 0.29) is 12.2 Å². The van der Waals surface area contributed by atoms with Crippen LogP contribution in [0, 0.1) is 0 Å². The third-order valence-electron chi connectivity index (χ3n) is 2.34. The average molecular weight is 206 g/mol. The highest BCUT2D eigenvalue weighted by Gasteiger charge is 2.40. The van der Waals surface area contributed by atoms with Gasteiger partial charge in [0.1, 0.15) is 18.3 Å². The predicted octanol–water partition coefficient (Wildman–Crippen LogP) is 0.557. The molecular weight excluding hydrogens is 184 g/mol.